The van der Waals surface area contributed by atoms with Gasteiger partial charge in [0.2, 0.25) is 0 Å². The fourth-order valence-corrected chi connectivity index (χ4v) is 2.78. The van der Waals surface area contributed by atoms with E-state index >= 15 is 0 Å². The zero-order valence-corrected chi connectivity index (χ0v) is 13.6. The van der Waals surface area contributed by atoms with Gasteiger partial charge in [-0.25, -0.2) is 0 Å². The lowest BCUT2D eigenvalue weighted by Crippen LogP contribution is -2.59. The smallest absolute Gasteiger partial charge is 0.377 e. The van der Waals surface area contributed by atoms with Crippen molar-refractivity contribution in [3.05, 3.63) is 39.5 Å². The predicted octanol–water partition coefficient (Wildman–Crippen LogP) is 1.19. The van der Waals surface area contributed by atoms with Gasteiger partial charge >= 0.3 is 8.80 Å². The molecule has 6 N–H and O–H groups in total. The lowest BCUT2D eigenvalue weighted by atomic mass is 10.3. The van der Waals surface area contributed by atoms with E-state index in [4.69, 9.17) is 30.5 Å². The zero-order chi connectivity index (χ0) is 16.5. The van der Waals surface area contributed by atoms with Gasteiger partial charge in [0.15, 0.2) is 0 Å². The Balaban J connectivity index is -0.000000163. The van der Waals surface area contributed by atoms with E-state index in [-0.39, 0.29) is 0 Å². The van der Waals surface area contributed by atoms with Crippen molar-refractivity contribution in [2.45, 2.75) is 18.3 Å². The Morgan fingerprint density at radius 3 is 1.21 bits per heavy atom. The molecule has 19 heavy (non-hydrogen) atoms. The summed E-state index contributed by atoms with van der Waals surface area (Å²) in [6.45, 7) is 18.0. The van der Waals surface area contributed by atoms with Crippen LogP contribution in [0.3, 0.4) is 0 Å². The van der Waals surface area contributed by atoms with Crippen LogP contribution in [0.4, 0.5) is 0 Å². The molecule has 0 aliphatic carbocycles. The quantitative estimate of drug-likeness (QED) is 0.386. The molecule has 0 atom stereocenters. The molecule has 0 unspecified atom stereocenters. The van der Waals surface area contributed by atoms with Gasteiger partial charge < -0.3 is 30.5 Å². The van der Waals surface area contributed by atoms with E-state index in [1.807, 2.05) is 0 Å². The Labute approximate surface area is 119 Å². The second kappa shape index (κ2) is 17.2. The molecule has 0 fully saturated rings. The molecule has 0 aromatic carbocycles. The van der Waals surface area contributed by atoms with Crippen LogP contribution in [0.5, 0.6) is 0 Å². The summed E-state index contributed by atoms with van der Waals surface area (Å²) in [6.07, 6.45) is 0.384. The minimum absolute atomic E-state index is 0.384. The zero-order valence-electron chi connectivity index (χ0n) is 12.6. The number of nitrogens with two attached hydrogens (primary N) is 3. The molecule has 0 aliphatic rings. The van der Waals surface area contributed by atoms with Crippen molar-refractivity contribution >= 4 is 8.80 Å². The third kappa shape index (κ3) is 17.2. The normalized spacial score (nSPS) is 9.79. The van der Waals surface area contributed by atoms with Crippen molar-refractivity contribution in [1.29, 1.82) is 0 Å². The summed E-state index contributed by atoms with van der Waals surface area (Å²) in [4.78, 5) is 0. The van der Waals surface area contributed by atoms with Gasteiger partial charge in [-0.2, -0.15) is 0 Å². The average Bonchev–Trinajstić information content (AvgIpc) is 2.46. The van der Waals surface area contributed by atoms with Crippen molar-refractivity contribution in [3.8, 4) is 0 Å². The molecule has 0 radical (unpaired) electrons. The second-order valence-corrected chi connectivity index (χ2v) is 6.00. The minimum Gasteiger partial charge on any atom is -0.377 e. The van der Waals surface area contributed by atoms with E-state index in [9.17, 15) is 0 Å². The molecular formula is C12H31N3O3Si. The molecule has 0 saturated heterocycles. The van der Waals surface area contributed by atoms with E-state index in [1.54, 1.807) is 0 Å². The van der Waals surface area contributed by atoms with Crippen molar-refractivity contribution in [3.63, 3.8) is 0 Å². The summed E-state index contributed by atoms with van der Waals surface area (Å²) < 4.78 is 15.5. The number of hydrogen-bond acceptors (Lipinski definition) is 6. The van der Waals surface area contributed by atoms with Gasteiger partial charge in [-0.1, -0.05) is 0 Å². The van der Waals surface area contributed by atoms with Crippen LogP contribution in [0.1, 0.15) is 6.42 Å². The maximum Gasteiger partial charge on any atom is 0.500 e. The highest BCUT2D eigenvalue weighted by molar-refractivity contribution is 6.60. The van der Waals surface area contributed by atoms with Crippen LogP contribution in [-0.2, 0) is 13.3 Å². The fraction of sp³-hybridized carbons (Fsp3) is 0.500. The first-order valence-electron chi connectivity index (χ1n) is 5.41. The first-order valence-corrected chi connectivity index (χ1v) is 7.34. The Hall–Kier alpha value is -0.803. The molecule has 7 heteroatoms. The molecule has 0 bridgehead atoms. The Morgan fingerprint density at radius 2 is 1.05 bits per heavy atom. The van der Waals surface area contributed by atoms with Crippen LogP contribution in [0, 0.1) is 0 Å². The lowest BCUT2D eigenvalue weighted by molar-refractivity contribution is 0.120. The first kappa shape index (κ1) is 26.7. The van der Waals surface area contributed by atoms with Gasteiger partial charge in [-0.15, -0.1) is 39.5 Å². The number of hydrogen-bond donors (Lipinski definition) is 3. The molecule has 116 valence electrons. The third-order valence-corrected chi connectivity index (χ3v) is 4.53. The molecule has 0 heterocycles. The summed E-state index contributed by atoms with van der Waals surface area (Å²) in [6, 6.07) is 0.500. The summed E-state index contributed by atoms with van der Waals surface area (Å²) in [5, 5.41) is 0. The maximum atomic E-state index is 5.42. The van der Waals surface area contributed by atoms with Crippen LogP contribution in [0.15, 0.2) is 39.5 Å². The molecule has 6 nitrogen and oxygen atoms in total. The highest BCUT2D eigenvalue weighted by atomic mass is 28.4. The van der Waals surface area contributed by atoms with Crippen LogP contribution in [0.25, 0.3) is 0 Å². The average molecular weight is 293 g/mol. The molecular weight excluding hydrogens is 262 g/mol. The molecule has 0 amide bonds. The van der Waals surface area contributed by atoms with Crippen LogP contribution in [-0.4, -0.2) is 35.9 Å². The summed E-state index contributed by atoms with van der Waals surface area (Å²) >= 11 is 0. The van der Waals surface area contributed by atoms with Crippen LogP contribution >= 0.6 is 0 Å². The van der Waals surface area contributed by atoms with Gasteiger partial charge in [0.05, 0.1) is 0 Å². The summed E-state index contributed by atoms with van der Waals surface area (Å²) in [5.74, 6) is -1.20. The van der Waals surface area contributed by atoms with Crippen LogP contribution in [0.2, 0.25) is 6.04 Å². The third-order valence-electron chi connectivity index (χ3n) is 1.80. The Kier molecular flexibility index (Phi) is 24.2. The first-order chi connectivity index (χ1) is 8.89. The lowest BCUT2D eigenvalue weighted by Gasteiger charge is -2.27. The van der Waals surface area contributed by atoms with Crippen molar-refractivity contribution in [2.24, 2.45) is 17.2 Å². The van der Waals surface area contributed by atoms with Crippen molar-refractivity contribution in [1.82, 2.24) is 0 Å². The predicted molar refractivity (Wildman–Crippen MR) is 85.3 cm³/mol. The van der Waals surface area contributed by atoms with Crippen molar-refractivity contribution in [2.75, 3.05) is 21.3 Å². The fourth-order valence-electron chi connectivity index (χ4n) is 0.926. The summed E-state index contributed by atoms with van der Waals surface area (Å²) in [5.41, 5.74) is 16.3. The molecule has 0 saturated carbocycles. The van der Waals surface area contributed by atoms with Gasteiger partial charge in [0, 0.05) is 27.4 Å². The van der Waals surface area contributed by atoms with Gasteiger partial charge in [-0.3, -0.25) is 0 Å². The highest BCUT2D eigenvalue weighted by Crippen LogP contribution is 2.16. The van der Waals surface area contributed by atoms with E-state index in [1.165, 1.54) is 21.3 Å². The topological polar surface area (TPSA) is 106 Å². The van der Waals surface area contributed by atoms with E-state index < -0.39 is 14.6 Å². The van der Waals surface area contributed by atoms with Gasteiger partial charge in [-0.05, 0) is 6.42 Å². The molecule has 0 aromatic rings. The Morgan fingerprint density at radius 1 is 0.789 bits per heavy atom. The maximum absolute atomic E-state index is 5.42. The molecule has 0 aliphatic heterocycles. The van der Waals surface area contributed by atoms with Gasteiger partial charge in [0.1, 0.15) is 5.79 Å². The molecule has 0 rings (SSSR count). The second-order valence-electron chi connectivity index (χ2n) is 2.91. The standard InChI is InChI=1S/C6H19N3O3Si.3C2H4/c1-10-13(11-2,12-3)5-4-6(7,8)9;3*1-2/h4-5,7-9H2,1-3H3;3*1-2H2. The van der Waals surface area contributed by atoms with E-state index in [0.717, 1.165) is 0 Å². The minimum atomic E-state index is -2.57. The summed E-state index contributed by atoms with van der Waals surface area (Å²) in [7, 11) is 2.03. The van der Waals surface area contributed by atoms with Crippen LogP contribution < -0.4 is 17.2 Å². The van der Waals surface area contributed by atoms with Gasteiger partial charge in [0.25, 0.3) is 0 Å². The molecule has 0 aromatic heterocycles. The Bertz CT molecular complexity index is 173. The SMILES string of the molecule is C=C.C=C.C=C.CO[Si](CCC(N)(N)N)(OC)OC. The van der Waals surface area contributed by atoms with Crippen molar-refractivity contribution < 1.29 is 13.3 Å². The largest absolute Gasteiger partial charge is 0.500 e. The number of rotatable bonds is 6. The monoisotopic (exact) mass is 293 g/mol. The molecule has 0 spiro atoms. The van der Waals surface area contributed by atoms with E-state index in [0.29, 0.717) is 12.5 Å². The highest BCUT2D eigenvalue weighted by Gasteiger charge is 2.38. The van der Waals surface area contributed by atoms with E-state index in [2.05, 4.69) is 39.5 Å².